The third kappa shape index (κ3) is 3.79. The number of alkyl halides is 2. The number of hydrogen-bond acceptors (Lipinski definition) is 6. The average molecular weight is 427 g/mol. The van der Waals surface area contributed by atoms with Crippen LogP contribution in [0, 0.1) is 0 Å². The predicted molar refractivity (Wildman–Crippen MR) is 102 cm³/mol. The number of halogens is 2. The van der Waals surface area contributed by atoms with Crippen LogP contribution in [-0.4, -0.2) is 47.8 Å². The van der Waals surface area contributed by atoms with Crippen molar-refractivity contribution in [3.05, 3.63) is 71.8 Å². The van der Waals surface area contributed by atoms with Gasteiger partial charge >= 0.3 is 0 Å². The summed E-state index contributed by atoms with van der Waals surface area (Å²) in [6.07, 6.45) is -4.65. The third-order valence-electron chi connectivity index (χ3n) is 4.82. The molecule has 28 heavy (non-hydrogen) atoms. The molecule has 2 N–H and O–H groups in total. The van der Waals surface area contributed by atoms with Crippen molar-refractivity contribution in [1.82, 2.24) is 0 Å². The van der Waals surface area contributed by atoms with Crippen molar-refractivity contribution in [2.24, 2.45) is 0 Å². The zero-order valence-electron chi connectivity index (χ0n) is 14.8. The molecule has 0 aromatic heterocycles. The van der Waals surface area contributed by atoms with Gasteiger partial charge in [0.15, 0.2) is 0 Å². The Morgan fingerprint density at radius 3 is 1.39 bits per heavy atom. The number of aliphatic hydroxyl groups is 2. The fourth-order valence-corrected chi connectivity index (χ4v) is 3.86. The molecule has 2 aromatic rings. The molecule has 0 amide bonds. The molecule has 2 unspecified atom stereocenters. The van der Waals surface area contributed by atoms with Crippen LogP contribution < -0.4 is 0 Å². The number of benzene rings is 2. The maximum atomic E-state index is 10.6. The van der Waals surface area contributed by atoms with E-state index in [2.05, 4.69) is 0 Å². The molecule has 4 rings (SSSR count). The second-order valence-electron chi connectivity index (χ2n) is 6.72. The van der Waals surface area contributed by atoms with E-state index in [1.807, 2.05) is 12.1 Å². The number of hydrogen-bond donors (Lipinski definition) is 2. The number of aliphatic hydroxyl groups excluding tert-OH is 2. The Hall–Kier alpha value is -1.22. The molecular formula is C20H20Cl2O6. The first-order chi connectivity index (χ1) is 13.4. The average Bonchev–Trinajstić information content (AvgIpc) is 2.73. The van der Waals surface area contributed by atoms with Gasteiger partial charge < -0.3 is 29.2 Å². The molecule has 2 heterocycles. The van der Waals surface area contributed by atoms with Crippen LogP contribution in [0.1, 0.15) is 11.1 Å². The molecule has 0 radical (unpaired) electrons. The van der Waals surface area contributed by atoms with Crippen LogP contribution in [-0.2, 0) is 29.4 Å². The van der Waals surface area contributed by atoms with Gasteiger partial charge in [0.25, 0.3) is 10.5 Å². The van der Waals surface area contributed by atoms with Crippen molar-refractivity contribution in [2.75, 3.05) is 13.2 Å². The molecule has 2 fully saturated rings. The van der Waals surface area contributed by atoms with Crippen LogP contribution >= 0.6 is 23.2 Å². The molecule has 8 heteroatoms. The molecule has 2 aliphatic rings. The van der Waals surface area contributed by atoms with Gasteiger partial charge in [-0.1, -0.05) is 83.9 Å². The highest BCUT2D eigenvalue weighted by atomic mass is 35.5. The first-order valence-electron chi connectivity index (χ1n) is 8.90. The van der Waals surface area contributed by atoms with Crippen LogP contribution in [0.2, 0.25) is 0 Å². The molecule has 6 nitrogen and oxygen atoms in total. The van der Waals surface area contributed by atoms with E-state index in [1.165, 1.54) is 0 Å². The van der Waals surface area contributed by atoms with Gasteiger partial charge in [-0.2, -0.15) is 0 Å². The van der Waals surface area contributed by atoms with E-state index in [4.69, 9.17) is 42.1 Å². The first kappa shape index (κ1) is 20.1. The summed E-state index contributed by atoms with van der Waals surface area (Å²) in [5, 5.41) is 17.9. The largest absolute Gasteiger partial charge is 0.387 e. The van der Waals surface area contributed by atoms with Crippen molar-refractivity contribution in [3.63, 3.8) is 0 Å². The van der Waals surface area contributed by atoms with E-state index < -0.39 is 34.9 Å². The number of ether oxygens (including phenoxy) is 4. The molecule has 0 saturated carbocycles. The van der Waals surface area contributed by atoms with Crippen molar-refractivity contribution < 1.29 is 29.2 Å². The third-order valence-corrected chi connectivity index (χ3v) is 5.65. The zero-order chi connectivity index (χ0) is 19.8. The van der Waals surface area contributed by atoms with Gasteiger partial charge in [-0.05, 0) is 0 Å². The lowest BCUT2D eigenvalue weighted by atomic mass is 10.0. The van der Waals surface area contributed by atoms with Gasteiger partial charge in [0.05, 0.1) is 13.2 Å². The molecule has 6 atom stereocenters. The van der Waals surface area contributed by atoms with Crippen LogP contribution in [0.5, 0.6) is 0 Å². The highest BCUT2D eigenvalue weighted by molar-refractivity contribution is 6.22. The van der Waals surface area contributed by atoms with E-state index in [-0.39, 0.29) is 13.2 Å². The van der Waals surface area contributed by atoms with Gasteiger partial charge in [-0.3, -0.25) is 0 Å². The van der Waals surface area contributed by atoms with Gasteiger partial charge in [0.2, 0.25) is 0 Å². The summed E-state index contributed by atoms with van der Waals surface area (Å²) < 4.78 is 23.4. The fourth-order valence-electron chi connectivity index (χ4n) is 3.26. The molecular weight excluding hydrogens is 407 g/mol. The van der Waals surface area contributed by atoms with E-state index in [1.54, 1.807) is 48.5 Å². The summed E-state index contributed by atoms with van der Waals surface area (Å²) in [5.74, 6) is 0. The summed E-state index contributed by atoms with van der Waals surface area (Å²) in [6, 6.07) is 17.8. The zero-order valence-corrected chi connectivity index (χ0v) is 16.3. The van der Waals surface area contributed by atoms with Crippen molar-refractivity contribution in [3.8, 4) is 0 Å². The minimum Gasteiger partial charge on any atom is -0.387 e. The van der Waals surface area contributed by atoms with E-state index in [0.717, 1.165) is 0 Å². The second-order valence-corrected chi connectivity index (χ2v) is 7.72. The monoisotopic (exact) mass is 426 g/mol. The second kappa shape index (κ2) is 7.89. The first-order valence-corrected chi connectivity index (χ1v) is 9.65. The van der Waals surface area contributed by atoms with Gasteiger partial charge in [0, 0.05) is 11.1 Å². The molecule has 150 valence electrons. The Morgan fingerprint density at radius 1 is 0.679 bits per heavy atom. The van der Waals surface area contributed by atoms with Crippen LogP contribution in [0.4, 0.5) is 0 Å². The van der Waals surface area contributed by atoms with Gasteiger partial charge in [-0.15, -0.1) is 0 Å². The Bertz CT molecular complexity index is 726. The Labute approximate surface area is 172 Å². The highest BCUT2D eigenvalue weighted by Crippen LogP contribution is 2.42. The lowest BCUT2D eigenvalue weighted by Gasteiger charge is -2.45. The lowest BCUT2D eigenvalue weighted by Crippen LogP contribution is -2.58. The van der Waals surface area contributed by atoms with Crippen molar-refractivity contribution in [1.29, 1.82) is 0 Å². The summed E-state index contributed by atoms with van der Waals surface area (Å²) in [4.78, 5) is 0. The smallest absolute Gasteiger partial charge is 0.276 e. The number of fused-ring (bicyclic) bond motifs is 3. The minimum absolute atomic E-state index is 0.187. The standard InChI is InChI=1S/C20H20Cl2O6/c21-19(13-7-3-1-4-8-13)25-11-16-18(24)17(23)15(27-19)12-26-20(22,28-16)14-9-5-2-6-10-14/h1-10,15-18,23-24H,11-12H2/t15-,16+,17-,18-,19?,20?/m1/s1. The van der Waals surface area contributed by atoms with Gasteiger partial charge in [-0.25, -0.2) is 0 Å². The van der Waals surface area contributed by atoms with E-state index in [9.17, 15) is 10.2 Å². The summed E-state index contributed by atoms with van der Waals surface area (Å²) in [5.41, 5.74) is 1.09. The normalized spacial score (nSPS) is 38.9. The summed E-state index contributed by atoms with van der Waals surface area (Å²) >= 11 is 13.2. The van der Waals surface area contributed by atoms with E-state index in [0.29, 0.717) is 11.1 Å². The topological polar surface area (TPSA) is 77.4 Å². The Morgan fingerprint density at radius 2 is 1.04 bits per heavy atom. The van der Waals surface area contributed by atoms with E-state index >= 15 is 0 Å². The minimum atomic E-state index is -1.67. The molecule has 2 aliphatic heterocycles. The Kier molecular flexibility index (Phi) is 5.66. The highest BCUT2D eigenvalue weighted by Gasteiger charge is 2.50. The van der Waals surface area contributed by atoms with Crippen molar-refractivity contribution >= 4 is 23.2 Å². The number of rotatable bonds is 2. The fraction of sp³-hybridized carbons (Fsp3) is 0.400. The maximum absolute atomic E-state index is 10.6. The van der Waals surface area contributed by atoms with Crippen LogP contribution in [0.25, 0.3) is 0 Å². The molecule has 2 bridgehead atoms. The van der Waals surface area contributed by atoms with Crippen LogP contribution in [0.15, 0.2) is 60.7 Å². The molecule has 2 aromatic carbocycles. The summed E-state index contributed by atoms with van der Waals surface area (Å²) in [7, 11) is 0. The Balaban J connectivity index is 1.68. The maximum Gasteiger partial charge on any atom is 0.276 e. The lowest BCUT2D eigenvalue weighted by molar-refractivity contribution is -0.343. The predicted octanol–water partition coefficient (Wildman–Crippen LogP) is 2.64. The quantitative estimate of drug-likeness (QED) is 0.718. The molecule has 2 saturated heterocycles. The summed E-state index contributed by atoms with van der Waals surface area (Å²) in [6.45, 7) is -0.373. The van der Waals surface area contributed by atoms with Crippen LogP contribution in [0.3, 0.4) is 0 Å². The van der Waals surface area contributed by atoms with Gasteiger partial charge in [0.1, 0.15) is 24.4 Å². The van der Waals surface area contributed by atoms with Crippen molar-refractivity contribution in [2.45, 2.75) is 34.9 Å². The SMILES string of the molecule is O[C@H]1[C@H](O)[C@H]2COC(Cl)(c3ccccc3)O[C@H]1COC(Cl)(c1ccccc1)O2. The molecule has 0 spiro atoms. The molecule has 0 aliphatic carbocycles.